The minimum Gasteiger partial charge on any atom is -0.474 e. The number of ether oxygens (including phenoxy) is 1. The third kappa shape index (κ3) is 4.48. The predicted octanol–water partition coefficient (Wildman–Crippen LogP) is 4.23. The number of aromatic nitrogens is 3. The third-order valence-electron chi connectivity index (χ3n) is 4.75. The highest BCUT2D eigenvalue weighted by molar-refractivity contribution is 5.84. The fourth-order valence-electron chi connectivity index (χ4n) is 3.64. The van der Waals surface area contributed by atoms with E-state index in [9.17, 15) is 0 Å². The van der Waals surface area contributed by atoms with E-state index in [1.807, 2.05) is 10.7 Å². The second kappa shape index (κ2) is 6.97. The van der Waals surface area contributed by atoms with Crippen LogP contribution in [0.15, 0.2) is 42.6 Å². The number of fused-ring (bicyclic) bond motifs is 1. The first-order valence-corrected chi connectivity index (χ1v) is 9.64. The van der Waals surface area contributed by atoms with Crippen molar-refractivity contribution in [2.75, 3.05) is 20.6 Å². The fraction of sp³-hybridized carbons (Fsp3) is 0.455. The molecule has 1 aliphatic rings. The molecule has 2 aromatic heterocycles. The Morgan fingerprint density at radius 1 is 1.15 bits per heavy atom. The monoisotopic (exact) mass is 364 g/mol. The molecular weight excluding hydrogens is 336 g/mol. The van der Waals surface area contributed by atoms with E-state index < -0.39 is 0 Å². The summed E-state index contributed by atoms with van der Waals surface area (Å²) in [5.41, 5.74) is 3.24. The average molecular weight is 364 g/mol. The van der Waals surface area contributed by atoms with Gasteiger partial charge < -0.3 is 9.64 Å². The van der Waals surface area contributed by atoms with Gasteiger partial charge in [-0.05, 0) is 56.6 Å². The minimum atomic E-state index is 0.165. The van der Waals surface area contributed by atoms with Gasteiger partial charge in [0.1, 0.15) is 6.10 Å². The summed E-state index contributed by atoms with van der Waals surface area (Å²) in [4.78, 5) is 6.84. The second-order valence-corrected chi connectivity index (χ2v) is 8.67. The highest BCUT2D eigenvalue weighted by Crippen LogP contribution is 2.28. The SMILES string of the molecule is CN(C)CC(C)(C)Cn1ccc(-c2ccc3nc(OC4CC4)ccc3c2)n1. The van der Waals surface area contributed by atoms with Crippen LogP contribution in [0.5, 0.6) is 5.88 Å². The lowest BCUT2D eigenvalue weighted by Crippen LogP contribution is -2.32. The summed E-state index contributed by atoms with van der Waals surface area (Å²) >= 11 is 0. The van der Waals surface area contributed by atoms with Crippen LogP contribution >= 0.6 is 0 Å². The molecule has 4 rings (SSSR count). The van der Waals surface area contributed by atoms with Crippen LogP contribution in [0.1, 0.15) is 26.7 Å². The van der Waals surface area contributed by atoms with Crippen molar-refractivity contribution in [2.45, 2.75) is 39.3 Å². The minimum absolute atomic E-state index is 0.165. The van der Waals surface area contributed by atoms with Gasteiger partial charge in [0.2, 0.25) is 5.88 Å². The smallest absolute Gasteiger partial charge is 0.214 e. The van der Waals surface area contributed by atoms with Crippen molar-refractivity contribution in [2.24, 2.45) is 5.41 Å². The van der Waals surface area contributed by atoms with Crippen LogP contribution in [0.25, 0.3) is 22.2 Å². The van der Waals surface area contributed by atoms with Crippen molar-refractivity contribution < 1.29 is 4.74 Å². The van der Waals surface area contributed by atoms with Gasteiger partial charge in [-0.2, -0.15) is 5.10 Å². The largest absolute Gasteiger partial charge is 0.474 e. The summed E-state index contributed by atoms with van der Waals surface area (Å²) in [6, 6.07) is 12.4. The van der Waals surface area contributed by atoms with Gasteiger partial charge in [-0.25, -0.2) is 4.98 Å². The van der Waals surface area contributed by atoms with Crippen LogP contribution in [0.4, 0.5) is 0 Å². The summed E-state index contributed by atoms with van der Waals surface area (Å²) in [5, 5.41) is 5.91. The number of hydrogen-bond acceptors (Lipinski definition) is 4. The van der Waals surface area contributed by atoms with Gasteiger partial charge in [0, 0.05) is 36.3 Å². The molecule has 0 radical (unpaired) electrons. The van der Waals surface area contributed by atoms with Gasteiger partial charge >= 0.3 is 0 Å². The molecule has 1 saturated carbocycles. The maximum atomic E-state index is 5.80. The highest BCUT2D eigenvalue weighted by Gasteiger charge is 2.24. The molecule has 0 N–H and O–H groups in total. The van der Waals surface area contributed by atoms with Crippen LogP contribution < -0.4 is 4.74 Å². The Balaban J connectivity index is 1.52. The molecule has 1 aromatic carbocycles. The van der Waals surface area contributed by atoms with Gasteiger partial charge in [-0.3, -0.25) is 4.68 Å². The average Bonchev–Trinajstić information content (AvgIpc) is 3.29. The summed E-state index contributed by atoms with van der Waals surface area (Å²) in [5.74, 6) is 0.727. The van der Waals surface area contributed by atoms with Crippen molar-refractivity contribution >= 4 is 10.9 Å². The zero-order valence-electron chi connectivity index (χ0n) is 16.6. The molecule has 0 unspecified atom stereocenters. The molecule has 0 saturated heterocycles. The lowest BCUT2D eigenvalue weighted by molar-refractivity contribution is 0.204. The number of hydrogen-bond donors (Lipinski definition) is 0. The molecular formula is C22H28N4O. The zero-order valence-corrected chi connectivity index (χ0v) is 16.6. The van der Waals surface area contributed by atoms with Crippen LogP contribution in [-0.2, 0) is 6.54 Å². The van der Waals surface area contributed by atoms with Crippen molar-refractivity contribution in [3.63, 3.8) is 0 Å². The summed E-state index contributed by atoms with van der Waals surface area (Å²) in [6.07, 6.45) is 4.73. The molecule has 142 valence electrons. The first-order chi connectivity index (χ1) is 12.9. The van der Waals surface area contributed by atoms with Crippen LogP contribution in [0.2, 0.25) is 0 Å². The number of nitrogens with zero attached hydrogens (tertiary/aromatic N) is 4. The van der Waals surface area contributed by atoms with Gasteiger partial charge in [-0.1, -0.05) is 19.9 Å². The Kier molecular flexibility index (Phi) is 4.64. The van der Waals surface area contributed by atoms with E-state index in [1.165, 1.54) is 0 Å². The maximum absolute atomic E-state index is 5.80. The normalized spacial score (nSPS) is 14.9. The molecule has 0 atom stereocenters. The molecule has 2 heterocycles. The van der Waals surface area contributed by atoms with Crippen molar-refractivity contribution in [1.82, 2.24) is 19.7 Å². The summed E-state index contributed by atoms with van der Waals surface area (Å²) < 4.78 is 7.84. The van der Waals surface area contributed by atoms with E-state index in [0.717, 1.165) is 54.0 Å². The predicted molar refractivity (Wildman–Crippen MR) is 109 cm³/mol. The first-order valence-electron chi connectivity index (χ1n) is 9.64. The number of pyridine rings is 1. The lowest BCUT2D eigenvalue weighted by Gasteiger charge is -2.28. The fourth-order valence-corrected chi connectivity index (χ4v) is 3.64. The standard InChI is InChI=1S/C22H28N4O/c1-22(2,14-25(3)4)15-26-12-11-20(24-26)17-5-9-19-16(13-17)6-10-21(23-19)27-18-7-8-18/h5-6,9-13,18H,7-8,14-15H2,1-4H3. The van der Waals surface area contributed by atoms with Crippen LogP contribution in [0, 0.1) is 5.41 Å². The van der Waals surface area contributed by atoms with Gasteiger partial charge in [-0.15, -0.1) is 0 Å². The molecule has 5 heteroatoms. The quantitative estimate of drug-likeness (QED) is 0.629. The van der Waals surface area contributed by atoms with E-state index >= 15 is 0 Å². The molecule has 3 aromatic rings. The van der Waals surface area contributed by atoms with Gasteiger partial charge in [0.05, 0.1) is 11.2 Å². The van der Waals surface area contributed by atoms with E-state index in [2.05, 4.69) is 74.4 Å². The van der Waals surface area contributed by atoms with E-state index in [0.29, 0.717) is 6.10 Å². The number of benzene rings is 1. The Morgan fingerprint density at radius 3 is 2.70 bits per heavy atom. The topological polar surface area (TPSA) is 43.2 Å². The second-order valence-electron chi connectivity index (χ2n) is 8.67. The Bertz CT molecular complexity index is 940. The molecule has 0 amide bonds. The van der Waals surface area contributed by atoms with Crippen LogP contribution in [0.3, 0.4) is 0 Å². The third-order valence-corrected chi connectivity index (χ3v) is 4.75. The molecule has 0 spiro atoms. The van der Waals surface area contributed by atoms with E-state index in [1.54, 1.807) is 0 Å². The highest BCUT2D eigenvalue weighted by atomic mass is 16.5. The molecule has 1 aliphatic carbocycles. The van der Waals surface area contributed by atoms with E-state index in [4.69, 9.17) is 9.84 Å². The molecule has 0 bridgehead atoms. The lowest BCUT2D eigenvalue weighted by atomic mass is 9.93. The van der Waals surface area contributed by atoms with Gasteiger partial charge in [0.15, 0.2) is 0 Å². The Hall–Kier alpha value is -2.40. The zero-order chi connectivity index (χ0) is 19.0. The van der Waals surface area contributed by atoms with Crippen molar-refractivity contribution in [1.29, 1.82) is 0 Å². The molecule has 1 fully saturated rings. The number of rotatable bonds is 7. The van der Waals surface area contributed by atoms with E-state index in [-0.39, 0.29) is 5.41 Å². The maximum Gasteiger partial charge on any atom is 0.214 e. The first kappa shape index (κ1) is 18.0. The Labute approximate surface area is 161 Å². The Morgan fingerprint density at radius 2 is 1.96 bits per heavy atom. The molecule has 5 nitrogen and oxygen atoms in total. The summed E-state index contributed by atoms with van der Waals surface area (Å²) in [6.45, 7) is 6.46. The summed E-state index contributed by atoms with van der Waals surface area (Å²) in [7, 11) is 4.22. The molecule has 27 heavy (non-hydrogen) atoms. The van der Waals surface area contributed by atoms with Crippen molar-refractivity contribution in [3.8, 4) is 17.1 Å². The van der Waals surface area contributed by atoms with Crippen molar-refractivity contribution in [3.05, 3.63) is 42.6 Å². The van der Waals surface area contributed by atoms with Crippen LogP contribution in [-0.4, -0.2) is 46.4 Å². The van der Waals surface area contributed by atoms with Gasteiger partial charge in [0.25, 0.3) is 0 Å². The molecule has 0 aliphatic heterocycles.